The number of benzene rings is 1. The van der Waals surface area contributed by atoms with Gasteiger partial charge in [0, 0.05) is 18.3 Å². The number of carbonyl (C=O) groups excluding carboxylic acids is 2. The zero-order chi connectivity index (χ0) is 23.5. The summed E-state index contributed by atoms with van der Waals surface area (Å²) in [6.45, 7) is 7.42. The van der Waals surface area contributed by atoms with Gasteiger partial charge in [-0.2, -0.15) is 0 Å². The molecular weight excluding hydrogens is 436 g/mol. The average Bonchev–Trinajstić information content (AvgIpc) is 2.78. The summed E-state index contributed by atoms with van der Waals surface area (Å²) in [5, 5.41) is 3.20. The largest absolute Gasteiger partial charge is 0.446 e. The number of rotatable bonds is 4. The van der Waals surface area contributed by atoms with E-state index in [1.54, 1.807) is 18.2 Å². The maximum atomic E-state index is 13.3. The topological polar surface area (TPSA) is 58.6 Å². The minimum absolute atomic E-state index is 0.0155. The number of hydrogen-bond donors (Lipinski definition) is 1. The highest BCUT2D eigenvalue weighted by molar-refractivity contribution is 6.34. The van der Waals surface area contributed by atoms with Crippen LogP contribution in [0.4, 0.5) is 10.5 Å². The second kappa shape index (κ2) is 10.7. The van der Waals surface area contributed by atoms with Crippen LogP contribution in [0.25, 0.3) is 0 Å². The fourth-order valence-corrected chi connectivity index (χ4v) is 6.59. The summed E-state index contributed by atoms with van der Waals surface area (Å²) in [5.41, 5.74) is 1.07. The van der Waals surface area contributed by atoms with Crippen LogP contribution in [0, 0.1) is 23.7 Å². The van der Waals surface area contributed by atoms with Gasteiger partial charge in [-0.3, -0.25) is 10.1 Å². The molecule has 4 rings (SSSR count). The second-order valence-electron chi connectivity index (χ2n) is 10.8. The van der Waals surface area contributed by atoms with E-state index in [2.05, 4.69) is 26.1 Å². The molecule has 0 spiro atoms. The van der Waals surface area contributed by atoms with E-state index < -0.39 is 6.09 Å². The van der Waals surface area contributed by atoms with E-state index >= 15 is 0 Å². The first-order valence-corrected chi connectivity index (χ1v) is 13.3. The smallest absolute Gasteiger partial charge is 0.411 e. The maximum absolute atomic E-state index is 13.3. The molecule has 2 aliphatic carbocycles. The number of nitrogens with one attached hydrogen (secondary N) is 1. The van der Waals surface area contributed by atoms with Crippen molar-refractivity contribution < 1.29 is 14.3 Å². The average molecular weight is 475 g/mol. The molecule has 0 radical (unpaired) electrons. The number of piperidine rings is 1. The lowest BCUT2D eigenvalue weighted by Gasteiger charge is -2.44. The number of likely N-dealkylation sites (tertiary alicyclic amines) is 1. The number of amides is 2. The Morgan fingerprint density at radius 2 is 1.85 bits per heavy atom. The summed E-state index contributed by atoms with van der Waals surface area (Å²) in [6, 6.07) is 5.51. The molecule has 33 heavy (non-hydrogen) atoms. The molecule has 1 aliphatic heterocycles. The van der Waals surface area contributed by atoms with Crippen molar-refractivity contribution in [3.63, 3.8) is 0 Å². The van der Waals surface area contributed by atoms with Crippen molar-refractivity contribution in [2.24, 2.45) is 23.7 Å². The number of anilines is 1. The monoisotopic (exact) mass is 474 g/mol. The Hall–Kier alpha value is -1.75. The molecule has 3 fully saturated rings. The van der Waals surface area contributed by atoms with Crippen LogP contribution < -0.4 is 5.32 Å². The van der Waals surface area contributed by atoms with Gasteiger partial charge < -0.3 is 9.64 Å². The molecule has 6 heteroatoms. The van der Waals surface area contributed by atoms with Gasteiger partial charge in [0.05, 0.1) is 10.6 Å². The molecular formula is C27H39ClN2O3. The summed E-state index contributed by atoms with van der Waals surface area (Å²) in [7, 11) is 0. The third-order valence-corrected chi connectivity index (χ3v) is 8.48. The highest BCUT2D eigenvalue weighted by Crippen LogP contribution is 2.37. The minimum atomic E-state index is -0.448. The summed E-state index contributed by atoms with van der Waals surface area (Å²) < 4.78 is 5.84. The lowest BCUT2D eigenvalue weighted by atomic mass is 9.75. The molecule has 2 saturated carbocycles. The quantitative estimate of drug-likeness (QED) is 0.504. The molecule has 182 valence electrons. The lowest BCUT2D eigenvalue weighted by Crippen LogP contribution is -2.49. The highest BCUT2D eigenvalue weighted by Gasteiger charge is 2.37. The first-order valence-electron chi connectivity index (χ1n) is 12.9. The van der Waals surface area contributed by atoms with Crippen LogP contribution in [0.5, 0.6) is 0 Å². The summed E-state index contributed by atoms with van der Waals surface area (Å²) in [6.07, 6.45) is 9.76. The fraction of sp³-hybridized carbons (Fsp3) is 0.704. The first-order chi connectivity index (χ1) is 15.8. The molecule has 0 bridgehead atoms. The summed E-state index contributed by atoms with van der Waals surface area (Å²) >= 11 is 6.54. The van der Waals surface area contributed by atoms with E-state index in [0.29, 0.717) is 46.0 Å². The normalized spacial score (nSPS) is 30.0. The van der Waals surface area contributed by atoms with Gasteiger partial charge in [0.15, 0.2) is 0 Å². The Bertz CT molecular complexity index is 856. The number of ether oxygens (including phenoxy) is 1. The molecule has 2 amide bonds. The third-order valence-electron chi connectivity index (χ3n) is 8.17. The molecule has 1 aromatic rings. The predicted octanol–water partition coefficient (Wildman–Crippen LogP) is 7.14. The Kier molecular flexibility index (Phi) is 7.88. The zero-order valence-electron chi connectivity index (χ0n) is 20.3. The molecule has 1 unspecified atom stereocenters. The van der Waals surface area contributed by atoms with Crippen LogP contribution in [-0.2, 0) is 4.74 Å². The SMILES string of the molecule is CC(C)[C@@H]1CC[C@H](C)CC1OC(=O)Nc1ccc(C(=O)N2CCC[C@H]3CCCC[C@H]32)c(Cl)c1. The predicted molar refractivity (Wildman–Crippen MR) is 133 cm³/mol. The van der Waals surface area contributed by atoms with E-state index in [-0.39, 0.29) is 12.0 Å². The van der Waals surface area contributed by atoms with Crippen molar-refractivity contribution >= 4 is 29.3 Å². The first kappa shape index (κ1) is 24.4. The Balaban J connectivity index is 1.40. The number of carbonyl (C=O) groups is 2. The van der Waals surface area contributed by atoms with Gasteiger partial charge in [-0.1, -0.05) is 51.6 Å². The molecule has 1 saturated heterocycles. The van der Waals surface area contributed by atoms with Crippen molar-refractivity contribution in [1.29, 1.82) is 0 Å². The van der Waals surface area contributed by atoms with Crippen molar-refractivity contribution in [2.45, 2.75) is 90.7 Å². The van der Waals surface area contributed by atoms with Crippen LogP contribution in [0.1, 0.15) is 88.9 Å². The fourth-order valence-electron chi connectivity index (χ4n) is 6.33. The van der Waals surface area contributed by atoms with Crippen molar-refractivity contribution in [1.82, 2.24) is 4.90 Å². The number of hydrogen-bond acceptors (Lipinski definition) is 3. The second-order valence-corrected chi connectivity index (χ2v) is 11.2. The highest BCUT2D eigenvalue weighted by atomic mass is 35.5. The Morgan fingerprint density at radius 1 is 1.09 bits per heavy atom. The van der Waals surface area contributed by atoms with E-state index in [4.69, 9.17) is 16.3 Å². The number of nitrogens with zero attached hydrogens (tertiary/aromatic N) is 1. The van der Waals surface area contributed by atoms with Gasteiger partial charge >= 0.3 is 6.09 Å². The Labute approximate surface area is 203 Å². The zero-order valence-corrected chi connectivity index (χ0v) is 21.1. The van der Waals surface area contributed by atoms with Crippen LogP contribution >= 0.6 is 11.6 Å². The van der Waals surface area contributed by atoms with Gasteiger partial charge in [-0.15, -0.1) is 0 Å². The maximum Gasteiger partial charge on any atom is 0.411 e. The summed E-state index contributed by atoms with van der Waals surface area (Å²) in [5.74, 6) is 2.08. The van der Waals surface area contributed by atoms with Crippen LogP contribution in [-0.4, -0.2) is 35.6 Å². The Morgan fingerprint density at radius 3 is 2.61 bits per heavy atom. The van der Waals surface area contributed by atoms with Gasteiger partial charge in [0.25, 0.3) is 5.91 Å². The molecule has 1 heterocycles. The van der Waals surface area contributed by atoms with Crippen molar-refractivity contribution in [3.05, 3.63) is 28.8 Å². The van der Waals surface area contributed by atoms with Gasteiger partial charge in [0.1, 0.15) is 6.10 Å². The van der Waals surface area contributed by atoms with E-state index in [1.165, 1.54) is 32.1 Å². The van der Waals surface area contributed by atoms with Crippen LogP contribution in [0.15, 0.2) is 18.2 Å². The van der Waals surface area contributed by atoms with Gasteiger partial charge in [-0.05, 0) is 80.4 Å². The molecule has 5 atom stereocenters. The molecule has 5 nitrogen and oxygen atoms in total. The lowest BCUT2D eigenvalue weighted by molar-refractivity contribution is 0.0126. The molecule has 0 aromatic heterocycles. The molecule has 3 aliphatic rings. The minimum Gasteiger partial charge on any atom is -0.446 e. The van der Waals surface area contributed by atoms with Gasteiger partial charge in [0.2, 0.25) is 0 Å². The number of fused-ring (bicyclic) bond motifs is 1. The molecule has 1 N–H and O–H groups in total. The van der Waals surface area contributed by atoms with Crippen molar-refractivity contribution in [2.75, 3.05) is 11.9 Å². The van der Waals surface area contributed by atoms with Crippen LogP contribution in [0.3, 0.4) is 0 Å². The van der Waals surface area contributed by atoms with E-state index in [0.717, 1.165) is 32.2 Å². The van der Waals surface area contributed by atoms with Crippen LogP contribution in [0.2, 0.25) is 5.02 Å². The summed E-state index contributed by atoms with van der Waals surface area (Å²) in [4.78, 5) is 28.0. The number of halogens is 1. The van der Waals surface area contributed by atoms with E-state index in [9.17, 15) is 9.59 Å². The standard InChI is InChI=1S/C27H39ClN2O3/c1-17(2)21-12-10-18(3)15-25(21)33-27(32)29-20-11-13-22(23(28)16-20)26(31)30-14-6-8-19-7-4-5-9-24(19)30/h11,13,16-19,21,24-25H,4-10,12,14-15H2,1-3H3,(H,29,32)/t18-,19+,21-,24+,25?/m0/s1. The third kappa shape index (κ3) is 5.67. The molecule has 1 aromatic carbocycles. The van der Waals surface area contributed by atoms with Gasteiger partial charge in [-0.25, -0.2) is 4.79 Å². The van der Waals surface area contributed by atoms with Crippen molar-refractivity contribution in [3.8, 4) is 0 Å². The van der Waals surface area contributed by atoms with E-state index in [1.807, 2.05) is 4.90 Å².